The third-order valence-electron chi connectivity index (χ3n) is 3.33. The van der Waals surface area contributed by atoms with Crippen LogP contribution in [0.15, 0.2) is 48.0 Å². The molecule has 0 amide bonds. The first kappa shape index (κ1) is 16.4. The van der Waals surface area contributed by atoms with E-state index in [4.69, 9.17) is 0 Å². The number of hydrogen-bond donors (Lipinski definition) is 3. The number of hydrogen-bond acceptors (Lipinski definition) is 7. The Labute approximate surface area is 144 Å². The molecule has 3 aromatic heterocycles. The van der Waals surface area contributed by atoms with Gasteiger partial charge in [-0.2, -0.15) is 4.98 Å². The maximum atomic E-state index is 9.24. The van der Waals surface area contributed by atoms with Crippen LogP contribution >= 0.6 is 11.3 Å². The average Bonchev–Trinajstić information content (AvgIpc) is 3.14. The lowest BCUT2D eigenvalue weighted by molar-refractivity contribution is 0.281. The van der Waals surface area contributed by atoms with E-state index in [1.807, 2.05) is 42.6 Å². The van der Waals surface area contributed by atoms with Gasteiger partial charge in [-0.25, -0.2) is 4.98 Å². The van der Waals surface area contributed by atoms with Crippen LogP contribution in [0.1, 0.15) is 11.8 Å². The predicted octanol–water partition coefficient (Wildman–Crippen LogP) is 3.00. The van der Waals surface area contributed by atoms with Crippen molar-refractivity contribution in [3.05, 3.63) is 52.9 Å². The van der Waals surface area contributed by atoms with Gasteiger partial charge in [-0.3, -0.25) is 4.98 Å². The predicted molar refractivity (Wildman–Crippen MR) is 97.1 cm³/mol. The second kappa shape index (κ2) is 7.85. The highest BCUT2D eigenvalue weighted by Crippen LogP contribution is 2.21. The van der Waals surface area contributed by atoms with Crippen molar-refractivity contribution in [1.82, 2.24) is 15.0 Å². The highest BCUT2D eigenvalue weighted by atomic mass is 32.1. The zero-order valence-corrected chi connectivity index (χ0v) is 14.1. The molecule has 0 saturated carbocycles. The molecular formula is C17H19N5OS. The summed E-state index contributed by atoms with van der Waals surface area (Å²) in [7, 11) is 0. The van der Waals surface area contributed by atoms with Crippen LogP contribution in [0.2, 0.25) is 0 Å². The molecule has 7 heteroatoms. The van der Waals surface area contributed by atoms with E-state index in [2.05, 4.69) is 31.7 Å². The molecule has 0 saturated heterocycles. The van der Waals surface area contributed by atoms with E-state index < -0.39 is 0 Å². The maximum Gasteiger partial charge on any atom is 0.225 e. The Morgan fingerprint density at radius 3 is 2.79 bits per heavy atom. The standard InChI is InChI=1S/C17H19N5OS/c1-12(11-23)20-17-21-15(14-6-2-3-7-18-14)9-16(22-17)19-10-13-5-4-8-24-13/h2-9,12,23H,10-11H2,1H3,(H2,19,20,21,22)/t12-/m1/s1. The number of rotatable bonds is 7. The molecule has 24 heavy (non-hydrogen) atoms. The lowest BCUT2D eigenvalue weighted by atomic mass is 10.2. The number of aromatic nitrogens is 3. The van der Waals surface area contributed by atoms with Crippen molar-refractivity contribution in [3.8, 4) is 11.4 Å². The molecule has 0 aromatic carbocycles. The first-order chi connectivity index (χ1) is 11.7. The minimum absolute atomic E-state index is 0.00906. The zero-order chi connectivity index (χ0) is 16.8. The Kier molecular flexibility index (Phi) is 5.35. The first-order valence-electron chi connectivity index (χ1n) is 7.69. The first-order valence-corrected chi connectivity index (χ1v) is 8.56. The summed E-state index contributed by atoms with van der Waals surface area (Å²) in [6.45, 7) is 2.58. The van der Waals surface area contributed by atoms with E-state index in [0.717, 1.165) is 11.4 Å². The van der Waals surface area contributed by atoms with Crippen molar-refractivity contribution in [1.29, 1.82) is 0 Å². The molecule has 3 N–H and O–H groups in total. The van der Waals surface area contributed by atoms with Gasteiger partial charge in [0.25, 0.3) is 0 Å². The molecule has 0 aliphatic carbocycles. The molecule has 0 aliphatic rings. The van der Waals surface area contributed by atoms with Crippen LogP contribution in [0.5, 0.6) is 0 Å². The van der Waals surface area contributed by atoms with Gasteiger partial charge in [0.1, 0.15) is 5.82 Å². The smallest absolute Gasteiger partial charge is 0.225 e. The Balaban J connectivity index is 1.87. The third kappa shape index (κ3) is 4.27. The van der Waals surface area contributed by atoms with Gasteiger partial charge < -0.3 is 15.7 Å². The molecule has 0 unspecified atom stereocenters. The van der Waals surface area contributed by atoms with Crippen LogP contribution in [0.4, 0.5) is 11.8 Å². The van der Waals surface area contributed by atoms with Crippen molar-refractivity contribution in [2.45, 2.75) is 19.5 Å². The second-order valence-electron chi connectivity index (χ2n) is 5.34. The molecular weight excluding hydrogens is 322 g/mol. The molecule has 3 aromatic rings. The Hall–Kier alpha value is -2.51. The van der Waals surface area contributed by atoms with E-state index in [1.165, 1.54) is 4.88 Å². The van der Waals surface area contributed by atoms with Gasteiger partial charge in [-0.1, -0.05) is 12.1 Å². The number of anilines is 2. The van der Waals surface area contributed by atoms with Crippen LogP contribution in [-0.2, 0) is 6.54 Å². The molecule has 0 fully saturated rings. The number of pyridine rings is 1. The lowest BCUT2D eigenvalue weighted by Crippen LogP contribution is -2.21. The molecule has 0 aliphatic heterocycles. The average molecular weight is 341 g/mol. The van der Waals surface area contributed by atoms with Gasteiger partial charge in [-0.15, -0.1) is 11.3 Å². The summed E-state index contributed by atoms with van der Waals surface area (Å²) in [6, 6.07) is 11.5. The van der Waals surface area contributed by atoms with Gasteiger partial charge in [-0.05, 0) is 30.5 Å². The van der Waals surface area contributed by atoms with Crippen LogP contribution in [0.3, 0.4) is 0 Å². The molecule has 0 radical (unpaired) electrons. The summed E-state index contributed by atoms with van der Waals surface area (Å²) in [5, 5.41) is 17.7. The topological polar surface area (TPSA) is 83.0 Å². The van der Waals surface area contributed by atoms with E-state index in [9.17, 15) is 5.11 Å². The highest BCUT2D eigenvalue weighted by Gasteiger charge is 2.10. The number of aliphatic hydroxyl groups excluding tert-OH is 1. The molecule has 0 spiro atoms. The van der Waals surface area contributed by atoms with E-state index in [-0.39, 0.29) is 12.6 Å². The Morgan fingerprint density at radius 2 is 2.08 bits per heavy atom. The van der Waals surface area contributed by atoms with Gasteiger partial charge in [0, 0.05) is 23.2 Å². The summed E-state index contributed by atoms with van der Waals surface area (Å²) in [5.41, 5.74) is 1.51. The minimum atomic E-state index is -0.130. The maximum absolute atomic E-state index is 9.24. The largest absolute Gasteiger partial charge is 0.394 e. The second-order valence-corrected chi connectivity index (χ2v) is 6.37. The van der Waals surface area contributed by atoms with Crippen molar-refractivity contribution in [3.63, 3.8) is 0 Å². The van der Waals surface area contributed by atoms with Crippen LogP contribution in [-0.4, -0.2) is 32.7 Å². The number of nitrogens with zero attached hydrogens (tertiary/aromatic N) is 3. The number of thiophene rings is 1. The van der Waals surface area contributed by atoms with Crippen molar-refractivity contribution in [2.24, 2.45) is 0 Å². The third-order valence-corrected chi connectivity index (χ3v) is 4.20. The van der Waals surface area contributed by atoms with Crippen molar-refractivity contribution >= 4 is 23.1 Å². The zero-order valence-electron chi connectivity index (χ0n) is 13.3. The van der Waals surface area contributed by atoms with Gasteiger partial charge in [0.2, 0.25) is 5.95 Å². The summed E-state index contributed by atoms with van der Waals surface area (Å²) in [6.07, 6.45) is 1.74. The molecule has 124 valence electrons. The van der Waals surface area contributed by atoms with Crippen LogP contribution in [0, 0.1) is 0 Å². The normalized spacial score (nSPS) is 11.9. The van der Waals surface area contributed by atoms with E-state index >= 15 is 0 Å². The summed E-state index contributed by atoms with van der Waals surface area (Å²) < 4.78 is 0. The van der Waals surface area contributed by atoms with Gasteiger partial charge in [0.05, 0.1) is 24.5 Å². The van der Waals surface area contributed by atoms with E-state index in [1.54, 1.807) is 17.5 Å². The molecule has 6 nitrogen and oxygen atoms in total. The SMILES string of the molecule is C[C@H](CO)Nc1nc(NCc2cccs2)cc(-c2ccccn2)n1. The van der Waals surface area contributed by atoms with Gasteiger partial charge in [0.15, 0.2) is 0 Å². The van der Waals surface area contributed by atoms with Crippen molar-refractivity contribution in [2.75, 3.05) is 17.2 Å². The fourth-order valence-electron chi connectivity index (χ4n) is 2.10. The number of aliphatic hydroxyl groups is 1. The van der Waals surface area contributed by atoms with Crippen molar-refractivity contribution < 1.29 is 5.11 Å². The summed E-state index contributed by atoms with van der Waals surface area (Å²) >= 11 is 1.69. The van der Waals surface area contributed by atoms with Crippen LogP contribution in [0.25, 0.3) is 11.4 Å². The van der Waals surface area contributed by atoms with E-state index in [0.29, 0.717) is 18.3 Å². The fourth-order valence-corrected chi connectivity index (χ4v) is 2.75. The highest BCUT2D eigenvalue weighted by molar-refractivity contribution is 7.09. The Morgan fingerprint density at radius 1 is 1.17 bits per heavy atom. The monoisotopic (exact) mass is 341 g/mol. The van der Waals surface area contributed by atoms with Crippen LogP contribution < -0.4 is 10.6 Å². The molecule has 0 bridgehead atoms. The minimum Gasteiger partial charge on any atom is -0.394 e. The fraction of sp³-hybridized carbons (Fsp3) is 0.235. The Bertz CT molecular complexity index is 764. The summed E-state index contributed by atoms with van der Waals surface area (Å²) in [5.74, 6) is 1.18. The molecule has 1 atom stereocenters. The molecule has 3 heterocycles. The quantitative estimate of drug-likeness (QED) is 0.613. The molecule has 3 rings (SSSR count). The summed E-state index contributed by atoms with van der Waals surface area (Å²) in [4.78, 5) is 14.6. The number of nitrogens with one attached hydrogen (secondary N) is 2. The van der Waals surface area contributed by atoms with Gasteiger partial charge >= 0.3 is 0 Å². The lowest BCUT2D eigenvalue weighted by Gasteiger charge is -2.13.